The van der Waals surface area contributed by atoms with Crippen molar-refractivity contribution in [2.45, 2.75) is 31.8 Å². The molecule has 2 N–H and O–H groups in total. The molecule has 1 aliphatic carbocycles. The van der Waals surface area contributed by atoms with Crippen LogP contribution in [0.25, 0.3) is 0 Å². The summed E-state index contributed by atoms with van der Waals surface area (Å²) in [5.41, 5.74) is 1.73. The lowest BCUT2D eigenvalue weighted by Crippen LogP contribution is -2.37. The molecular weight excluding hydrogens is 304 g/mol. The highest BCUT2D eigenvalue weighted by Crippen LogP contribution is 2.35. The Balaban J connectivity index is 1.69. The van der Waals surface area contributed by atoms with Gasteiger partial charge in [0, 0.05) is 12.7 Å². The maximum absolute atomic E-state index is 11.6. The number of hydrogen-bond acceptors (Lipinski definition) is 5. The largest absolute Gasteiger partial charge is 0.462 e. The SMILES string of the molecule is CCOC(=O)c1ccc(NCC2(O)CCCc3ccccc32)nc1. The molecule has 0 radical (unpaired) electrons. The maximum atomic E-state index is 11.6. The predicted molar refractivity (Wildman–Crippen MR) is 92.0 cm³/mol. The Hall–Kier alpha value is -2.40. The van der Waals surface area contributed by atoms with E-state index in [1.165, 1.54) is 11.8 Å². The van der Waals surface area contributed by atoms with Crippen molar-refractivity contribution in [3.63, 3.8) is 0 Å². The number of rotatable bonds is 5. The smallest absolute Gasteiger partial charge is 0.339 e. The van der Waals surface area contributed by atoms with Crippen molar-refractivity contribution in [3.05, 3.63) is 59.3 Å². The van der Waals surface area contributed by atoms with Gasteiger partial charge in [0.2, 0.25) is 0 Å². The van der Waals surface area contributed by atoms with Gasteiger partial charge in [-0.05, 0) is 49.4 Å². The zero-order valence-corrected chi connectivity index (χ0v) is 13.8. The van der Waals surface area contributed by atoms with E-state index >= 15 is 0 Å². The second kappa shape index (κ2) is 7.01. The van der Waals surface area contributed by atoms with E-state index in [2.05, 4.69) is 16.4 Å². The zero-order chi connectivity index (χ0) is 17.0. The van der Waals surface area contributed by atoms with Crippen LogP contribution in [0.3, 0.4) is 0 Å². The molecule has 24 heavy (non-hydrogen) atoms. The summed E-state index contributed by atoms with van der Waals surface area (Å²) >= 11 is 0. The number of carbonyl (C=O) groups excluding carboxylic acids is 1. The average molecular weight is 326 g/mol. The van der Waals surface area contributed by atoms with Gasteiger partial charge in [0.05, 0.1) is 12.2 Å². The first-order chi connectivity index (χ1) is 11.6. The van der Waals surface area contributed by atoms with Crippen LogP contribution >= 0.6 is 0 Å². The number of aliphatic hydroxyl groups is 1. The van der Waals surface area contributed by atoms with Gasteiger partial charge in [-0.2, -0.15) is 0 Å². The van der Waals surface area contributed by atoms with Crippen LogP contribution in [0.4, 0.5) is 5.82 Å². The second-order valence-electron chi connectivity index (χ2n) is 6.05. The van der Waals surface area contributed by atoms with Crippen molar-refractivity contribution in [1.82, 2.24) is 4.98 Å². The van der Waals surface area contributed by atoms with Crippen LogP contribution in [0, 0.1) is 0 Å². The number of carbonyl (C=O) groups is 1. The first kappa shape index (κ1) is 16.5. The number of anilines is 1. The topological polar surface area (TPSA) is 71.5 Å². The number of nitrogens with one attached hydrogen (secondary N) is 1. The lowest BCUT2D eigenvalue weighted by Gasteiger charge is -2.34. The molecule has 1 atom stereocenters. The summed E-state index contributed by atoms with van der Waals surface area (Å²) in [5, 5.41) is 14.2. The summed E-state index contributed by atoms with van der Waals surface area (Å²) in [6.45, 7) is 2.49. The Bertz CT molecular complexity index is 715. The van der Waals surface area contributed by atoms with E-state index in [-0.39, 0.29) is 5.97 Å². The standard InChI is InChI=1S/C19H22N2O3/c1-2-24-18(22)15-9-10-17(20-12-15)21-13-19(23)11-5-7-14-6-3-4-8-16(14)19/h3-4,6,8-10,12,23H,2,5,7,11,13H2,1H3,(H,20,21). The van der Waals surface area contributed by atoms with Gasteiger partial charge in [0.1, 0.15) is 11.4 Å². The summed E-state index contributed by atoms with van der Waals surface area (Å²) < 4.78 is 4.94. The Kier molecular flexibility index (Phi) is 4.81. The van der Waals surface area contributed by atoms with Crippen LogP contribution in [0.2, 0.25) is 0 Å². The summed E-state index contributed by atoms with van der Waals surface area (Å²) in [6, 6.07) is 11.4. The molecule has 1 heterocycles. The van der Waals surface area contributed by atoms with E-state index in [4.69, 9.17) is 4.74 Å². The molecule has 2 aromatic rings. The molecule has 0 fully saturated rings. The number of ether oxygens (including phenoxy) is 1. The summed E-state index contributed by atoms with van der Waals surface area (Å²) in [5.74, 6) is 0.246. The van der Waals surface area contributed by atoms with Gasteiger partial charge < -0.3 is 15.2 Å². The second-order valence-corrected chi connectivity index (χ2v) is 6.05. The summed E-state index contributed by atoms with van der Waals surface area (Å²) in [7, 11) is 0. The van der Waals surface area contributed by atoms with Crippen molar-refractivity contribution < 1.29 is 14.6 Å². The van der Waals surface area contributed by atoms with Crippen LogP contribution in [0.1, 0.15) is 41.3 Å². The number of aryl methyl sites for hydroxylation is 1. The molecule has 1 aliphatic rings. The highest BCUT2D eigenvalue weighted by molar-refractivity contribution is 5.89. The van der Waals surface area contributed by atoms with E-state index in [0.717, 1.165) is 24.8 Å². The highest BCUT2D eigenvalue weighted by atomic mass is 16.5. The number of esters is 1. The van der Waals surface area contributed by atoms with Gasteiger partial charge >= 0.3 is 5.97 Å². The predicted octanol–water partition coefficient (Wildman–Crippen LogP) is 2.89. The van der Waals surface area contributed by atoms with E-state index < -0.39 is 5.60 Å². The van der Waals surface area contributed by atoms with Gasteiger partial charge in [-0.1, -0.05) is 24.3 Å². The molecule has 0 aliphatic heterocycles. The fourth-order valence-electron chi connectivity index (χ4n) is 3.15. The normalized spacial score (nSPS) is 19.4. The molecule has 0 spiro atoms. The quantitative estimate of drug-likeness (QED) is 0.827. The number of hydrogen-bond donors (Lipinski definition) is 2. The Morgan fingerprint density at radius 2 is 2.17 bits per heavy atom. The van der Waals surface area contributed by atoms with Crippen molar-refractivity contribution >= 4 is 11.8 Å². The number of fused-ring (bicyclic) bond motifs is 1. The average Bonchev–Trinajstić information content (AvgIpc) is 2.61. The van der Waals surface area contributed by atoms with Crippen molar-refractivity contribution in [2.24, 2.45) is 0 Å². The van der Waals surface area contributed by atoms with Crippen molar-refractivity contribution in [2.75, 3.05) is 18.5 Å². The number of benzene rings is 1. The van der Waals surface area contributed by atoms with E-state index in [1.54, 1.807) is 19.1 Å². The zero-order valence-electron chi connectivity index (χ0n) is 13.8. The molecule has 5 heteroatoms. The van der Waals surface area contributed by atoms with Crippen LogP contribution in [0.5, 0.6) is 0 Å². The van der Waals surface area contributed by atoms with Crippen LogP contribution in [0.15, 0.2) is 42.6 Å². The Morgan fingerprint density at radius 3 is 2.92 bits per heavy atom. The molecule has 0 amide bonds. The van der Waals surface area contributed by atoms with E-state index in [9.17, 15) is 9.90 Å². The minimum atomic E-state index is -0.893. The molecule has 126 valence electrons. The molecule has 3 rings (SSSR count). The first-order valence-corrected chi connectivity index (χ1v) is 8.30. The Morgan fingerprint density at radius 1 is 1.33 bits per heavy atom. The monoisotopic (exact) mass is 326 g/mol. The number of nitrogens with zero attached hydrogens (tertiary/aromatic N) is 1. The lowest BCUT2D eigenvalue weighted by molar-refractivity contribution is 0.0322. The minimum Gasteiger partial charge on any atom is -0.462 e. The van der Waals surface area contributed by atoms with E-state index in [0.29, 0.717) is 24.5 Å². The van der Waals surface area contributed by atoms with Crippen molar-refractivity contribution in [1.29, 1.82) is 0 Å². The van der Waals surface area contributed by atoms with Gasteiger partial charge in [-0.3, -0.25) is 0 Å². The molecule has 0 saturated carbocycles. The number of pyridine rings is 1. The van der Waals surface area contributed by atoms with Gasteiger partial charge in [0.15, 0.2) is 0 Å². The van der Waals surface area contributed by atoms with Crippen LogP contribution in [-0.4, -0.2) is 29.2 Å². The summed E-state index contributed by atoms with van der Waals surface area (Å²) in [6.07, 6.45) is 4.17. The first-order valence-electron chi connectivity index (χ1n) is 8.30. The molecule has 1 unspecified atom stereocenters. The van der Waals surface area contributed by atoms with Crippen LogP contribution in [-0.2, 0) is 16.8 Å². The van der Waals surface area contributed by atoms with Crippen molar-refractivity contribution in [3.8, 4) is 0 Å². The lowest BCUT2D eigenvalue weighted by atomic mass is 9.79. The molecule has 1 aromatic carbocycles. The third-order valence-corrected chi connectivity index (χ3v) is 4.39. The summed E-state index contributed by atoms with van der Waals surface area (Å²) in [4.78, 5) is 15.9. The number of aromatic nitrogens is 1. The van der Waals surface area contributed by atoms with Crippen LogP contribution < -0.4 is 5.32 Å². The van der Waals surface area contributed by atoms with E-state index in [1.807, 2.05) is 18.2 Å². The maximum Gasteiger partial charge on any atom is 0.339 e. The third-order valence-electron chi connectivity index (χ3n) is 4.39. The van der Waals surface area contributed by atoms with Gasteiger partial charge in [0.25, 0.3) is 0 Å². The van der Waals surface area contributed by atoms with Gasteiger partial charge in [-0.25, -0.2) is 9.78 Å². The fraction of sp³-hybridized carbons (Fsp3) is 0.368. The third kappa shape index (κ3) is 3.41. The fourth-order valence-corrected chi connectivity index (χ4v) is 3.15. The minimum absolute atomic E-state index is 0.339. The molecule has 0 bridgehead atoms. The Labute approximate surface area is 141 Å². The molecule has 1 aromatic heterocycles. The molecule has 0 saturated heterocycles. The molecular formula is C19H22N2O3. The van der Waals surface area contributed by atoms with Gasteiger partial charge in [-0.15, -0.1) is 0 Å². The molecule has 5 nitrogen and oxygen atoms in total. The highest BCUT2D eigenvalue weighted by Gasteiger charge is 2.33.